The number of carboxylic acids is 1. The Morgan fingerprint density at radius 3 is 2.86 bits per heavy atom. The summed E-state index contributed by atoms with van der Waals surface area (Å²) in [5, 5.41) is 13.0. The van der Waals surface area contributed by atoms with Crippen LogP contribution in [0.15, 0.2) is 28.8 Å². The molecule has 1 atom stereocenters. The number of aromatic nitrogens is 2. The van der Waals surface area contributed by atoms with Crippen LogP contribution < -0.4 is 4.90 Å². The van der Waals surface area contributed by atoms with E-state index in [9.17, 15) is 14.7 Å². The molecule has 0 aliphatic carbocycles. The van der Waals surface area contributed by atoms with Gasteiger partial charge in [0.05, 0.1) is 0 Å². The Labute approximate surface area is 126 Å². The minimum absolute atomic E-state index is 0.146. The van der Waals surface area contributed by atoms with E-state index in [1.54, 1.807) is 31.2 Å². The number of benzene rings is 1. The molecule has 1 aromatic heterocycles. The number of carbonyl (C=O) groups is 2. The highest BCUT2D eigenvalue weighted by molar-refractivity contribution is 5.98. The quantitative estimate of drug-likeness (QED) is 0.919. The van der Waals surface area contributed by atoms with E-state index < -0.39 is 11.9 Å². The number of hydrogen-bond acceptors (Lipinski definition) is 5. The van der Waals surface area contributed by atoms with Crippen LogP contribution >= 0.6 is 0 Å². The second-order valence-corrected chi connectivity index (χ2v) is 5.19. The van der Waals surface area contributed by atoms with Crippen LogP contribution in [-0.2, 0) is 16.0 Å². The van der Waals surface area contributed by atoms with Crippen molar-refractivity contribution in [1.29, 1.82) is 0 Å². The summed E-state index contributed by atoms with van der Waals surface area (Å²) in [4.78, 5) is 29.3. The SMILES string of the molecule is Cc1noc(CCC(=O)N2C[C@@H](C(=O)O)c3ccccc32)n1. The van der Waals surface area contributed by atoms with Crippen molar-refractivity contribution in [3.05, 3.63) is 41.5 Å². The molecule has 1 aliphatic rings. The van der Waals surface area contributed by atoms with Crippen molar-refractivity contribution in [2.75, 3.05) is 11.4 Å². The molecule has 0 unspecified atom stereocenters. The monoisotopic (exact) mass is 301 g/mol. The van der Waals surface area contributed by atoms with Crippen molar-refractivity contribution < 1.29 is 19.2 Å². The third kappa shape index (κ3) is 2.57. The summed E-state index contributed by atoms with van der Waals surface area (Å²) in [6, 6.07) is 7.10. The topological polar surface area (TPSA) is 96.5 Å². The first-order valence-corrected chi connectivity index (χ1v) is 6.97. The zero-order valence-corrected chi connectivity index (χ0v) is 12.0. The number of amides is 1. The first kappa shape index (κ1) is 14.2. The van der Waals surface area contributed by atoms with E-state index in [1.807, 2.05) is 0 Å². The standard InChI is InChI=1S/C15H15N3O4/c1-9-16-13(22-17-9)6-7-14(19)18-8-11(15(20)21)10-4-2-3-5-12(10)18/h2-5,11H,6-8H2,1H3,(H,20,21)/t11-/m1/s1. The molecule has 1 aliphatic heterocycles. The molecule has 22 heavy (non-hydrogen) atoms. The van der Waals surface area contributed by atoms with Gasteiger partial charge < -0.3 is 14.5 Å². The highest BCUT2D eigenvalue weighted by Gasteiger charge is 2.36. The Morgan fingerprint density at radius 1 is 1.41 bits per heavy atom. The van der Waals surface area contributed by atoms with Crippen LogP contribution in [0.5, 0.6) is 0 Å². The summed E-state index contributed by atoms with van der Waals surface area (Å²) < 4.78 is 4.98. The Morgan fingerprint density at radius 2 is 2.18 bits per heavy atom. The van der Waals surface area contributed by atoms with E-state index in [4.69, 9.17) is 4.52 Å². The van der Waals surface area contributed by atoms with Crippen molar-refractivity contribution in [1.82, 2.24) is 10.1 Å². The van der Waals surface area contributed by atoms with E-state index in [-0.39, 0.29) is 18.9 Å². The van der Waals surface area contributed by atoms with Crippen LogP contribution in [0.1, 0.15) is 29.6 Å². The fraction of sp³-hybridized carbons (Fsp3) is 0.333. The van der Waals surface area contributed by atoms with Gasteiger partial charge in [-0.3, -0.25) is 9.59 Å². The summed E-state index contributed by atoms with van der Waals surface area (Å²) in [6.07, 6.45) is 0.540. The lowest BCUT2D eigenvalue weighted by molar-refractivity contribution is -0.138. The molecule has 1 amide bonds. The van der Waals surface area contributed by atoms with E-state index in [2.05, 4.69) is 10.1 Å². The number of aliphatic carboxylic acids is 1. The van der Waals surface area contributed by atoms with Crippen LogP contribution in [0.2, 0.25) is 0 Å². The first-order chi connectivity index (χ1) is 10.6. The van der Waals surface area contributed by atoms with Crippen LogP contribution in [0.3, 0.4) is 0 Å². The van der Waals surface area contributed by atoms with E-state index in [1.165, 1.54) is 4.90 Å². The number of rotatable bonds is 4. The predicted octanol–water partition coefficient (Wildman–Crippen LogP) is 1.53. The van der Waals surface area contributed by atoms with Gasteiger partial charge in [0, 0.05) is 25.1 Å². The van der Waals surface area contributed by atoms with Crippen molar-refractivity contribution >= 4 is 17.6 Å². The highest BCUT2D eigenvalue weighted by Crippen LogP contribution is 2.36. The number of fused-ring (bicyclic) bond motifs is 1. The number of hydrogen-bond donors (Lipinski definition) is 1. The molecule has 0 radical (unpaired) electrons. The van der Waals surface area contributed by atoms with Crippen LogP contribution in [0, 0.1) is 6.92 Å². The molecular weight excluding hydrogens is 286 g/mol. The summed E-state index contributed by atoms with van der Waals surface area (Å²) in [5.41, 5.74) is 1.35. The van der Waals surface area contributed by atoms with E-state index in [0.29, 0.717) is 29.4 Å². The van der Waals surface area contributed by atoms with Crippen molar-refractivity contribution in [3.8, 4) is 0 Å². The van der Waals surface area contributed by atoms with Gasteiger partial charge in [-0.05, 0) is 18.6 Å². The maximum Gasteiger partial charge on any atom is 0.312 e. The normalized spacial score (nSPS) is 16.6. The predicted molar refractivity (Wildman–Crippen MR) is 76.5 cm³/mol. The molecule has 0 bridgehead atoms. The summed E-state index contributed by atoms with van der Waals surface area (Å²) >= 11 is 0. The maximum absolute atomic E-state index is 12.4. The molecule has 7 nitrogen and oxygen atoms in total. The van der Waals surface area contributed by atoms with Crippen molar-refractivity contribution in [2.45, 2.75) is 25.7 Å². The molecule has 0 saturated carbocycles. The lowest BCUT2D eigenvalue weighted by Gasteiger charge is -2.16. The molecule has 114 valence electrons. The second-order valence-electron chi connectivity index (χ2n) is 5.19. The van der Waals surface area contributed by atoms with Crippen molar-refractivity contribution in [3.63, 3.8) is 0 Å². The number of aryl methyl sites for hydroxylation is 2. The second kappa shape index (κ2) is 5.59. The third-order valence-electron chi connectivity index (χ3n) is 3.69. The lowest BCUT2D eigenvalue weighted by atomic mass is 10.0. The van der Waals surface area contributed by atoms with Gasteiger partial charge in [-0.15, -0.1) is 0 Å². The minimum atomic E-state index is -0.921. The maximum atomic E-state index is 12.4. The van der Waals surface area contributed by atoms with Crippen molar-refractivity contribution in [2.24, 2.45) is 0 Å². The van der Waals surface area contributed by atoms with Gasteiger partial charge in [-0.25, -0.2) is 0 Å². The fourth-order valence-corrected chi connectivity index (χ4v) is 2.64. The Kier molecular flexibility index (Phi) is 3.62. The number of carboxylic acid groups (broad SMARTS) is 1. The van der Waals surface area contributed by atoms with Gasteiger partial charge in [-0.1, -0.05) is 23.4 Å². The molecule has 2 aromatic rings. The Bertz CT molecular complexity index is 725. The van der Waals surface area contributed by atoms with Gasteiger partial charge in [0.2, 0.25) is 11.8 Å². The van der Waals surface area contributed by atoms with Crippen LogP contribution in [-0.4, -0.2) is 33.7 Å². The van der Waals surface area contributed by atoms with Gasteiger partial charge in [0.1, 0.15) is 5.92 Å². The van der Waals surface area contributed by atoms with Gasteiger partial charge in [-0.2, -0.15) is 4.98 Å². The number of anilines is 1. The molecule has 0 saturated heterocycles. The first-order valence-electron chi connectivity index (χ1n) is 6.97. The smallest absolute Gasteiger partial charge is 0.312 e. The molecule has 0 spiro atoms. The molecule has 7 heteroatoms. The Balaban J connectivity index is 1.74. The molecule has 3 rings (SSSR count). The molecule has 1 aromatic carbocycles. The highest BCUT2D eigenvalue weighted by atomic mass is 16.5. The van der Waals surface area contributed by atoms with Gasteiger partial charge >= 0.3 is 5.97 Å². The summed E-state index contributed by atoms with van der Waals surface area (Å²) in [7, 11) is 0. The zero-order valence-electron chi connectivity index (χ0n) is 12.0. The van der Waals surface area contributed by atoms with Crippen LogP contribution in [0.4, 0.5) is 5.69 Å². The molecule has 0 fully saturated rings. The molecular formula is C15H15N3O4. The summed E-state index contributed by atoms with van der Waals surface area (Å²) in [5.74, 6) is -0.804. The van der Waals surface area contributed by atoms with Crippen LogP contribution in [0.25, 0.3) is 0 Å². The number of para-hydroxylation sites is 1. The van der Waals surface area contributed by atoms with E-state index in [0.717, 1.165) is 0 Å². The van der Waals surface area contributed by atoms with E-state index >= 15 is 0 Å². The minimum Gasteiger partial charge on any atom is -0.481 e. The third-order valence-corrected chi connectivity index (χ3v) is 3.69. The number of carbonyl (C=O) groups excluding carboxylic acids is 1. The molecule has 1 N–H and O–H groups in total. The largest absolute Gasteiger partial charge is 0.481 e. The van der Waals surface area contributed by atoms with Gasteiger partial charge in [0.15, 0.2) is 5.82 Å². The number of nitrogens with zero attached hydrogens (tertiary/aromatic N) is 3. The fourth-order valence-electron chi connectivity index (χ4n) is 2.64. The molecule has 2 heterocycles. The zero-order chi connectivity index (χ0) is 15.7. The average molecular weight is 301 g/mol. The summed E-state index contributed by atoms with van der Waals surface area (Å²) in [6.45, 7) is 1.87. The Hall–Kier alpha value is -2.70. The average Bonchev–Trinajstić information content (AvgIpc) is 3.08. The lowest BCUT2D eigenvalue weighted by Crippen LogP contribution is -2.31. The van der Waals surface area contributed by atoms with Gasteiger partial charge in [0.25, 0.3) is 0 Å².